The van der Waals surface area contributed by atoms with Gasteiger partial charge in [0, 0.05) is 31.4 Å². The van der Waals surface area contributed by atoms with Crippen LogP contribution in [0.5, 0.6) is 0 Å². The van der Waals surface area contributed by atoms with Gasteiger partial charge in [0.15, 0.2) is 0 Å². The average Bonchev–Trinajstić information content (AvgIpc) is 2.88. The fraction of sp³-hybridized carbons (Fsp3) is 0.467. The zero-order chi connectivity index (χ0) is 14.8. The van der Waals surface area contributed by atoms with Crippen molar-refractivity contribution in [1.29, 1.82) is 0 Å². The lowest BCUT2D eigenvalue weighted by Gasteiger charge is -2.28. The molecule has 1 aromatic carbocycles. The fourth-order valence-corrected chi connectivity index (χ4v) is 2.92. The summed E-state index contributed by atoms with van der Waals surface area (Å²) in [4.78, 5) is 25.3. The molecule has 1 atom stereocenters. The Morgan fingerprint density at radius 2 is 1.95 bits per heavy atom. The van der Waals surface area contributed by atoms with Gasteiger partial charge < -0.3 is 15.2 Å². The van der Waals surface area contributed by atoms with Gasteiger partial charge in [-0.05, 0) is 24.5 Å². The van der Waals surface area contributed by atoms with E-state index in [0.29, 0.717) is 25.3 Å². The van der Waals surface area contributed by atoms with E-state index in [1.54, 1.807) is 6.07 Å². The normalized spacial score (nSPS) is 21.9. The second-order valence-electron chi connectivity index (χ2n) is 5.39. The lowest BCUT2D eigenvalue weighted by atomic mass is 10.1. The van der Waals surface area contributed by atoms with E-state index in [4.69, 9.17) is 4.74 Å². The number of para-hydroxylation sites is 1. The Morgan fingerprint density at radius 3 is 2.67 bits per heavy atom. The highest BCUT2D eigenvalue weighted by Crippen LogP contribution is 2.32. The Morgan fingerprint density at radius 1 is 1.24 bits per heavy atom. The molecular formula is C15H18N2O4. The molecule has 3 rings (SSSR count). The lowest BCUT2D eigenvalue weighted by molar-refractivity contribution is -0.138. The van der Waals surface area contributed by atoms with Gasteiger partial charge in [-0.2, -0.15) is 0 Å². The molecule has 2 heterocycles. The first-order valence-electron chi connectivity index (χ1n) is 7.15. The van der Waals surface area contributed by atoms with Crippen LogP contribution >= 0.6 is 0 Å². The number of carbonyl (C=O) groups excluding carboxylic acids is 1. The number of carboxylic acids is 1. The summed E-state index contributed by atoms with van der Waals surface area (Å²) >= 11 is 0. The second-order valence-corrected chi connectivity index (χ2v) is 5.39. The van der Waals surface area contributed by atoms with Gasteiger partial charge in [0.2, 0.25) is 0 Å². The van der Waals surface area contributed by atoms with Crippen LogP contribution in [0.4, 0.5) is 10.5 Å². The molecule has 112 valence electrons. The van der Waals surface area contributed by atoms with Gasteiger partial charge in [-0.1, -0.05) is 18.2 Å². The van der Waals surface area contributed by atoms with Crippen LogP contribution in [0.25, 0.3) is 0 Å². The SMILES string of the molecule is O=C(O)C1Cc2ccccc2N1C(=O)NC1CCOCC1. The maximum Gasteiger partial charge on any atom is 0.327 e. The lowest BCUT2D eigenvalue weighted by Crippen LogP contribution is -2.51. The van der Waals surface area contributed by atoms with E-state index in [1.807, 2.05) is 18.2 Å². The Bertz CT molecular complexity index is 554. The van der Waals surface area contributed by atoms with Crippen molar-refractivity contribution in [2.45, 2.75) is 31.3 Å². The van der Waals surface area contributed by atoms with Crippen LogP contribution in [-0.2, 0) is 16.0 Å². The number of fused-ring (bicyclic) bond motifs is 1. The summed E-state index contributed by atoms with van der Waals surface area (Å²) in [6.45, 7) is 1.26. The van der Waals surface area contributed by atoms with Crippen LogP contribution in [0.3, 0.4) is 0 Å². The standard InChI is InChI=1S/C15H18N2O4/c18-14(19)13-9-10-3-1-2-4-12(10)17(13)15(20)16-11-5-7-21-8-6-11/h1-4,11,13H,5-9H2,(H,16,20)(H,18,19). The van der Waals surface area contributed by atoms with Crippen molar-refractivity contribution in [3.05, 3.63) is 29.8 Å². The Hall–Kier alpha value is -2.08. The molecular weight excluding hydrogens is 272 g/mol. The first-order valence-corrected chi connectivity index (χ1v) is 7.15. The third kappa shape index (κ3) is 2.71. The van der Waals surface area contributed by atoms with E-state index in [0.717, 1.165) is 18.4 Å². The van der Waals surface area contributed by atoms with Crippen molar-refractivity contribution in [3.63, 3.8) is 0 Å². The number of carbonyl (C=O) groups is 2. The highest BCUT2D eigenvalue weighted by molar-refractivity contribution is 6.01. The summed E-state index contributed by atoms with van der Waals surface area (Å²) in [5.41, 5.74) is 1.58. The molecule has 2 amide bonds. The van der Waals surface area contributed by atoms with Crippen LogP contribution < -0.4 is 10.2 Å². The van der Waals surface area contributed by atoms with Crippen molar-refractivity contribution in [3.8, 4) is 0 Å². The van der Waals surface area contributed by atoms with E-state index >= 15 is 0 Å². The van der Waals surface area contributed by atoms with Crippen molar-refractivity contribution in [2.75, 3.05) is 18.1 Å². The number of nitrogens with zero attached hydrogens (tertiary/aromatic N) is 1. The van der Waals surface area contributed by atoms with Gasteiger partial charge in [0.05, 0.1) is 0 Å². The van der Waals surface area contributed by atoms with Gasteiger partial charge in [-0.15, -0.1) is 0 Å². The number of urea groups is 1. The van der Waals surface area contributed by atoms with E-state index in [9.17, 15) is 14.7 Å². The second kappa shape index (κ2) is 5.73. The number of amides is 2. The van der Waals surface area contributed by atoms with E-state index in [2.05, 4.69) is 5.32 Å². The fourth-order valence-electron chi connectivity index (χ4n) is 2.92. The zero-order valence-electron chi connectivity index (χ0n) is 11.6. The molecule has 1 aromatic rings. The Labute approximate surface area is 122 Å². The number of hydrogen-bond acceptors (Lipinski definition) is 3. The Balaban J connectivity index is 1.80. The maximum absolute atomic E-state index is 12.5. The molecule has 21 heavy (non-hydrogen) atoms. The molecule has 0 radical (unpaired) electrons. The number of ether oxygens (including phenoxy) is 1. The number of benzene rings is 1. The molecule has 2 aliphatic heterocycles. The first-order chi connectivity index (χ1) is 10.2. The van der Waals surface area contributed by atoms with E-state index in [-0.39, 0.29) is 12.1 Å². The number of carboxylic acid groups (broad SMARTS) is 1. The average molecular weight is 290 g/mol. The van der Waals surface area contributed by atoms with Gasteiger partial charge in [0.25, 0.3) is 0 Å². The molecule has 6 nitrogen and oxygen atoms in total. The molecule has 0 saturated carbocycles. The van der Waals surface area contributed by atoms with Gasteiger partial charge in [0.1, 0.15) is 6.04 Å². The topological polar surface area (TPSA) is 78.9 Å². The predicted molar refractivity (Wildman–Crippen MR) is 76.4 cm³/mol. The highest BCUT2D eigenvalue weighted by atomic mass is 16.5. The summed E-state index contributed by atoms with van der Waals surface area (Å²) in [5.74, 6) is -0.978. The first kappa shape index (κ1) is 13.9. The molecule has 0 aromatic heterocycles. The van der Waals surface area contributed by atoms with Crippen LogP contribution in [0.15, 0.2) is 24.3 Å². The van der Waals surface area contributed by atoms with Crippen molar-refractivity contribution >= 4 is 17.7 Å². The van der Waals surface area contributed by atoms with E-state index < -0.39 is 12.0 Å². The monoisotopic (exact) mass is 290 g/mol. The molecule has 0 bridgehead atoms. The summed E-state index contributed by atoms with van der Waals surface area (Å²) in [6.07, 6.45) is 1.88. The Kier molecular flexibility index (Phi) is 3.79. The minimum absolute atomic E-state index is 0.0495. The third-order valence-electron chi connectivity index (χ3n) is 4.03. The molecule has 1 fully saturated rings. The summed E-state index contributed by atoms with van der Waals surface area (Å²) in [7, 11) is 0. The van der Waals surface area contributed by atoms with Crippen molar-refractivity contribution in [2.24, 2.45) is 0 Å². The number of anilines is 1. The van der Waals surface area contributed by atoms with Gasteiger partial charge >= 0.3 is 12.0 Å². The summed E-state index contributed by atoms with van der Waals surface area (Å²) < 4.78 is 5.26. The third-order valence-corrected chi connectivity index (χ3v) is 4.03. The molecule has 6 heteroatoms. The van der Waals surface area contributed by atoms with Crippen LogP contribution in [0, 0.1) is 0 Å². The van der Waals surface area contributed by atoms with Crippen molar-refractivity contribution in [1.82, 2.24) is 5.32 Å². The van der Waals surface area contributed by atoms with Crippen LogP contribution in [0.2, 0.25) is 0 Å². The molecule has 1 unspecified atom stereocenters. The zero-order valence-corrected chi connectivity index (χ0v) is 11.6. The number of nitrogens with one attached hydrogen (secondary N) is 1. The summed E-state index contributed by atoms with van der Waals surface area (Å²) in [6, 6.07) is 6.22. The van der Waals surface area contributed by atoms with E-state index in [1.165, 1.54) is 4.90 Å². The minimum Gasteiger partial charge on any atom is -0.480 e. The molecule has 2 N–H and O–H groups in total. The van der Waals surface area contributed by atoms with Crippen molar-refractivity contribution < 1.29 is 19.4 Å². The van der Waals surface area contributed by atoms with Gasteiger partial charge in [-0.25, -0.2) is 9.59 Å². The predicted octanol–water partition coefficient (Wildman–Crippen LogP) is 1.39. The minimum atomic E-state index is -0.978. The quantitative estimate of drug-likeness (QED) is 0.862. The number of hydrogen-bond donors (Lipinski definition) is 2. The smallest absolute Gasteiger partial charge is 0.327 e. The number of aliphatic carboxylic acids is 1. The van der Waals surface area contributed by atoms with Crippen LogP contribution in [0.1, 0.15) is 18.4 Å². The molecule has 0 spiro atoms. The molecule has 0 aliphatic carbocycles. The molecule has 2 aliphatic rings. The van der Waals surface area contributed by atoms with Gasteiger partial charge in [-0.3, -0.25) is 4.90 Å². The highest BCUT2D eigenvalue weighted by Gasteiger charge is 2.38. The largest absolute Gasteiger partial charge is 0.480 e. The van der Waals surface area contributed by atoms with Crippen LogP contribution in [-0.4, -0.2) is 42.4 Å². The molecule has 1 saturated heterocycles. The number of rotatable bonds is 2. The maximum atomic E-state index is 12.5. The summed E-state index contributed by atoms with van der Waals surface area (Å²) in [5, 5.41) is 12.3.